The summed E-state index contributed by atoms with van der Waals surface area (Å²) in [5, 5.41) is 3.22. The van der Waals surface area contributed by atoms with Gasteiger partial charge in [-0.2, -0.15) is 0 Å². The Morgan fingerprint density at radius 2 is 1.94 bits per heavy atom. The SMILES string of the molecule is COc1cc(C)c(C(=O)C2CCNC2)cc1OC. The molecule has 0 aromatic heterocycles. The molecule has 1 N–H and O–H groups in total. The van der Waals surface area contributed by atoms with E-state index in [1.54, 1.807) is 20.3 Å². The van der Waals surface area contributed by atoms with Crippen molar-refractivity contribution in [1.29, 1.82) is 0 Å². The molecule has 2 rings (SSSR count). The van der Waals surface area contributed by atoms with Gasteiger partial charge in [-0.1, -0.05) is 0 Å². The third kappa shape index (κ3) is 2.34. The average molecular weight is 249 g/mol. The third-order valence-corrected chi connectivity index (χ3v) is 3.43. The molecule has 0 saturated carbocycles. The van der Waals surface area contributed by atoms with Crippen molar-refractivity contribution in [3.8, 4) is 11.5 Å². The van der Waals surface area contributed by atoms with Crippen LogP contribution in [0.2, 0.25) is 0 Å². The van der Waals surface area contributed by atoms with Crippen LogP contribution in [0.5, 0.6) is 11.5 Å². The summed E-state index contributed by atoms with van der Waals surface area (Å²) in [6.07, 6.45) is 0.909. The number of rotatable bonds is 4. The van der Waals surface area contributed by atoms with Crippen molar-refractivity contribution in [2.75, 3.05) is 27.3 Å². The standard InChI is InChI=1S/C14H19NO3/c1-9-6-12(17-2)13(18-3)7-11(9)14(16)10-4-5-15-8-10/h6-7,10,15H,4-5,8H2,1-3H3. The van der Waals surface area contributed by atoms with Gasteiger partial charge in [0.1, 0.15) is 0 Å². The number of ketones is 1. The number of ether oxygens (including phenoxy) is 2. The van der Waals surface area contributed by atoms with Crippen molar-refractivity contribution in [1.82, 2.24) is 5.32 Å². The van der Waals surface area contributed by atoms with Crippen LogP contribution in [0.25, 0.3) is 0 Å². The van der Waals surface area contributed by atoms with Gasteiger partial charge in [-0.05, 0) is 37.6 Å². The molecule has 1 aliphatic rings. The van der Waals surface area contributed by atoms with Gasteiger partial charge in [0, 0.05) is 18.0 Å². The van der Waals surface area contributed by atoms with E-state index in [0.717, 1.165) is 30.6 Å². The summed E-state index contributed by atoms with van der Waals surface area (Å²) < 4.78 is 10.5. The van der Waals surface area contributed by atoms with Gasteiger partial charge >= 0.3 is 0 Å². The third-order valence-electron chi connectivity index (χ3n) is 3.43. The molecule has 1 atom stereocenters. The lowest BCUT2D eigenvalue weighted by Crippen LogP contribution is -2.18. The molecule has 1 unspecified atom stereocenters. The van der Waals surface area contributed by atoms with E-state index in [1.807, 2.05) is 13.0 Å². The molecule has 18 heavy (non-hydrogen) atoms. The van der Waals surface area contributed by atoms with E-state index in [9.17, 15) is 4.79 Å². The lowest BCUT2D eigenvalue weighted by atomic mass is 9.93. The van der Waals surface area contributed by atoms with E-state index in [2.05, 4.69) is 5.32 Å². The molecule has 1 fully saturated rings. The van der Waals surface area contributed by atoms with Gasteiger partial charge in [0.2, 0.25) is 0 Å². The lowest BCUT2D eigenvalue weighted by molar-refractivity contribution is 0.0929. The maximum Gasteiger partial charge on any atom is 0.167 e. The highest BCUT2D eigenvalue weighted by Crippen LogP contribution is 2.31. The van der Waals surface area contributed by atoms with E-state index < -0.39 is 0 Å². The van der Waals surface area contributed by atoms with Crippen LogP contribution in [-0.4, -0.2) is 33.1 Å². The molecule has 0 spiro atoms. The normalized spacial score (nSPS) is 18.7. The molecule has 1 heterocycles. The number of benzene rings is 1. The van der Waals surface area contributed by atoms with Crippen LogP contribution >= 0.6 is 0 Å². The number of nitrogens with one attached hydrogen (secondary N) is 1. The Hall–Kier alpha value is -1.55. The Bertz CT molecular complexity index is 451. The van der Waals surface area contributed by atoms with Crippen molar-refractivity contribution >= 4 is 5.78 Å². The minimum atomic E-state index is 0.0850. The molecule has 4 heteroatoms. The van der Waals surface area contributed by atoms with Crippen molar-refractivity contribution in [2.45, 2.75) is 13.3 Å². The van der Waals surface area contributed by atoms with Crippen LogP contribution < -0.4 is 14.8 Å². The van der Waals surface area contributed by atoms with E-state index in [4.69, 9.17) is 9.47 Å². The van der Waals surface area contributed by atoms with Crippen LogP contribution in [0.15, 0.2) is 12.1 Å². The molecule has 4 nitrogen and oxygen atoms in total. The largest absolute Gasteiger partial charge is 0.493 e. The summed E-state index contributed by atoms with van der Waals surface area (Å²) in [7, 11) is 3.18. The number of carbonyl (C=O) groups excluding carboxylic acids is 1. The molecule has 0 radical (unpaired) electrons. The van der Waals surface area contributed by atoms with Gasteiger partial charge in [-0.3, -0.25) is 4.79 Å². The summed E-state index contributed by atoms with van der Waals surface area (Å²) >= 11 is 0. The first-order valence-electron chi connectivity index (χ1n) is 6.15. The minimum absolute atomic E-state index is 0.0850. The summed E-state index contributed by atoms with van der Waals surface area (Å²) in [5.74, 6) is 1.55. The maximum atomic E-state index is 12.4. The van der Waals surface area contributed by atoms with E-state index in [0.29, 0.717) is 11.5 Å². The molecule has 98 valence electrons. The smallest absolute Gasteiger partial charge is 0.167 e. The highest BCUT2D eigenvalue weighted by molar-refractivity contribution is 6.00. The first-order chi connectivity index (χ1) is 8.67. The fourth-order valence-electron chi connectivity index (χ4n) is 2.34. The van der Waals surface area contributed by atoms with Crippen LogP contribution in [0.3, 0.4) is 0 Å². The van der Waals surface area contributed by atoms with E-state index >= 15 is 0 Å². The van der Waals surface area contributed by atoms with Crippen molar-refractivity contribution < 1.29 is 14.3 Å². The zero-order valence-corrected chi connectivity index (χ0v) is 11.1. The maximum absolute atomic E-state index is 12.4. The second-order valence-electron chi connectivity index (χ2n) is 4.58. The van der Waals surface area contributed by atoms with E-state index in [-0.39, 0.29) is 11.7 Å². The fourth-order valence-corrected chi connectivity index (χ4v) is 2.34. The monoisotopic (exact) mass is 249 g/mol. The predicted octanol–water partition coefficient (Wildman–Crippen LogP) is 1.80. The Morgan fingerprint density at radius 1 is 1.28 bits per heavy atom. The Labute approximate surface area is 107 Å². The molecular formula is C14H19NO3. The molecule has 1 aromatic rings. The summed E-state index contributed by atoms with van der Waals surface area (Å²) in [5.41, 5.74) is 1.67. The summed E-state index contributed by atoms with van der Waals surface area (Å²) in [6, 6.07) is 3.64. The second-order valence-corrected chi connectivity index (χ2v) is 4.58. The summed E-state index contributed by atoms with van der Waals surface area (Å²) in [4.78, 5) is 12.4. The van der Waals surface area contributed by atoms with Gasteiger partial charge < -0.3 is 14.8 Å². The minimum Gasteiger partial charge on any atom is -0.493 e. The predicted molar refractivity (Wildman–Crippen MR) is 69.6 cm³/mol. The first-order valence-corrected chi connectivity index (χ1v) is 6.15. The lowest BCUT2D eigenvalue weighted by Gasteiger charge is -2.14. The van der Waals surface area contributed by atoms with E-state index in [1.165, 1.54) is 0 Å². The Morgan fingerprint density at radius 3 is 2.50 bits per heavy atom. The number of carbonyl (C=O) groups is 1. The zero-order chi connectivity index (χ0) is 13.1. The number of methoxy groups -OCH3 is 2. The van der Waals surface area contributed by atoms with Crippen LogP contribution in [0.4, 0.5) is 0 Å². The Balaban J connectivity index is 2.34. The highest BCUT2D eigenvalue weighted by atomic mass is 16.5. The molecular weight excluding hydrogens is 230 g/mol. The van der Waals surface area contributed by atoms with Crippen molar-refractivity contribution in [2.24, 2.45) is 5.92 Å². The van der Waals surface area contributed by atoms with Gasteiger partial charge in [-0.15, -0.1) is 0 Å². The van der Waals surface area contributed by atoms with Crippen molar-refractivity contribution in [3.63, 3.8) is 0 Å². The molecule has 1 aliphatic heterocycles. The number of aryl methyl sites for hydroxylation is 1. The first kappa shape index (κ1) is 12.9. The Kier molecular flexibility index (Phi) is 3.87. The van der Waals surface area contributed by atoms with Crippen LogP contribution in [0.1, 0.15) is 22.3 Å². The van der Waals surface area contributed by atoms with Gasteiger partial charge in [0.05, 0.1) is 14.2 Å². The number of Topliss-reactive ketones (excluding diaryl/α,β-unsaturated/α-hetero) is 1. The molecule has 0 amide bonds. The molecule has 0 aliphatic carbocycles. The van der Waals surface area contributed by atoms with Gasteiger partial charge in [0.15, 0.2) is 17.3 Å². The average Bonchev–Trinajstić information content (AvgIpc) is 2.91. The van der Waals surface area contributed by atoms with Crippen LogP contribution in [0, 0.1) is 12.8 Å². The quantitative estimate of drug-likeness (QED) is 0.827. The molecule has 1 aromatic carbocycles. The molecule has 0 bridgehead atoms. The topological polar surface area (TPSA) is 47.6 Å². The second kappa shape index (κ2) is 5.40. The highest BCUT2D eigenvalue weighted by Gasteiger charge is 2.25. The zero-order valence-electron chi connectivity index (χ0n) is 11.1. The number of hydrogen-bond acceptors (Lipinski definition) is 4. The van der Waals surface area contributed by atoms with Crippen LogP contribution in [-0.2, 0) is 0 Å². The van der Waals surface area contributed by atoms with Gasteiger partial charge in [-0.25, -0.2) is 0 Å². The van der Waals surface area contributed by atoms with Gasteiger partial charge in [0.25, 0.3) is 0 Å². The molecule has 1 saturated heterocycles. The van der Waals surface area contributed by atoms with Crippen molar-refractivity contribution in [3.05, 3.63) is 23.3 Å². The fraction of sp³-hybridized carbons (Fsp3) is 0.500. The number of hydrogen-bond donors (Lipinski definition) is 1. The summed E-state index contributed by atoms with van der Waals surface area (Å²) in [6.45, 7) is 3.62.